The van der Waals surface area contributed by atoms with Crippen molar-refractivity contribution in [2.45, 2.75) is 30.8 Å². The van der Waals surface area contributed by atoms with Crippen LogP contribution in [0.4, 0.5) is 0 Å². The lowest BCUT2D eigenvalue weighted by molar-refractivity contribution is -0.00340. The van der Waals surface area contributed by atoms with E-state index in [0.717, 1.165) is 23.1 Å². The van der Waals surface area contributed by atoms with Crippen LogP contribution in [-0.4, -0.2) is 57.4 Å². The Bertz CT molecular complexity index is 1060. The van der Waals surface area contributed by atoms with E-state index in [-0.39, 0.29) is 5.91 Å². The van der Waals surface area contributed by atoms with Gasteiger partial charge in [-0.2, -0.15) is 0 Å². The molecule has 0 N–H and O–H groups in total. The molecule has 0 spiro atoms. The lowest BCUT2D eigenvalue weighted by Crippen LogP contribution is -2.60. The summed E-state index contributed by atoms with van der Waals surface area (Å²) in [4.78, 5) is 27.2. The number of fused-ring (bicyclic) bond motifs is 3. The Morgan fingerprint density at radius 2 is 1.66 bits per heavy atom. The third kappa shape index (κ3) is 2.68. The summed E-state index contributed by atoms with van der Waals surface area (Å²) in [5, 5.41) is 0. The van der Waals surface area contributed by atoms with E-state index in [0.29, 0.717) is 23.9 Å². The maximum atomic E-state index is 13.7. The molecule has 0 radical (unpaired) electrons. The van der Waals surface area contributed by atoms with E-state index in [2.05, 4.69) is 50.1 Å². The van der Waals surface area contributed by atoms with E-state index in [1.165, 1.54) is 31.5 Å². The van der Waals surface area contributed by atoms with Gasteiger partial charge in [-0.3, -0.25) is 19.7 Å². The maximum Gasteiger partial charge on any atom is 0.254 e. The van der Waals surface area contributed by atoms with Crippen molar-refractivity contribution in [2.24, 2.45) is 5.92 Å². The van der Waals surface area contributed by atoms with Gasteiger partial charge in [0, 0.05) is 36.5 Å². The highest BCUT2D eigenvalue weighted by Gasteiger charge is 2.54. The first-order valence-electron chi connectivity index (χ1n) is 10.6. The molecule has 0 unspecified atom stereocenters. The number of nitrogens with zero attached hydrogens (tertiary/aromatic N) is 4. The molecular weight excluding hydrogens is 360 g/mol. The number of carbonyl (C=O) groups is 1. The zero-order chi connectivity index (χ0) is 19.4. The van der Waals surface area contributed by atoms with E-state index < -0.39 is 0 Å². The van der Waals surface area contributed by atoms with Crippen molar-refractivity contribution >= 4 is 16.9 Å². The number of aromatic nitrogens is 2. The number of hydrogen-bond acceptors (Lipinski definition) is 4. The first-order chi connectivity index (χ1) is 14.3. The molecule has 0 aliphatic carbocycles. The first-order valence-corrected chi connectivity index (χ1v) is 10.6. The van der Waals surface area contributed by atoms with Gasteiger partial charge >= 0.3 is 0 Å². The van der Waals surface area contributed by atoms with E-state index in [1.807, 2.05) is 18.2 Å². The fraction of sp³-hybridized carbons (Fsp3) is 0.375. The van der Waals surface area contributed by atoms with Crippen molar-refractivity contribution in [3.63, 3.8) is 0 Å². The molecule has 5 heterocycles. The van der Waals surface area contributed by atoms with Crippen LogP contribution < -0.4 is 0 Å². The van der Waals surface area contributed by atoms with Crippen LogP contribution in [0.5, 0.6) is 0 Å². The smallest absolute Gasteiger partial charge is 0.254 e. The monoisotopic (exact) mass is 384 g/mol. The molecular formula is C24H24N4O. The Balaban J connectivity index is 1.39. The van der Waals surface area contributed by atoms with Gasteiger partial charge in [-0.15, -0.1) is 0 Å². The summed E-state index contributed by atoms with van der Waals surface area (Å²) in [5.41, 5.74) is 3.69. The topological polar surface area (TPSA) is 49.3 Å². The zero-order valence-corrected chi connectivity index (χ0v) is 16.3. The Hall–Kier alpha value is -2.79. The average molecular weight is 384 g/mol. The van der Waals surface area contributed by atoms with E-state index in [9.17, 15) is 4.79 Å². The number of amides is 1. The molecule has 3 aromatic rings. The number of likely N-dealkylation sites (tertiary alicyclic amines) is 1. The van der Waals surface area contributed by atoms with Gasteiger partial charge in [0.1, 0.15) is 0 Å². The highest BCUT2D eigenvalue weighted by atomic mass is 16.2. The Labute approximate surface area is 170 Å². The van der Waals surface area contributed by atoms with Crippen molar-refractivity contribution in [3.8, 4) is 0 Å². The van der Waals surface area contributed by atoms with Crippen LogP contribution in [0, 0.1) is 5.92 Å². The van der Waals surface area contributed by atoms with E-state index in [1.54, 1.807) is 12.4 Å². The minimum Gasteiger partial charge on any atom is -0.333 e. The zero-order valence-electron chi connectivity index (χ0n) is 16.3. The summed E-state index contributed by atoms with van der Waals surface area (Å²) in [6.45, 7) is 3.13. The normalized spacial score (nSPS) is 30.5. The average Bonchev–Trinajstić information content (AvgIpc) is 3.23. The Morgan fingerprint density at radius 1 is 0.897 bits per heavy atom. The maximum absolute atomic E-state index is 13.7. The lowest BCUT2D eigenvalue weighted by atomic mass is 9.75. The molecule has 3 atom stereocenters. The summed E-state index contributed by atoms with van der Waals surface area (Å²) in [7, 11) is 0. The minimum atomic E-state index is 0.139. The molecule has 0 saturated carbocycles. The van der Waals surface area contributed by atoms with Gasteiger partial charge in [0.15, 0.2) is 0 Å². The number of carbonyl (C=O) groups excluding carboxylic acids is 1. The standard InChI is InChI=1S/C24H24N4O/c29-24(18-6-7-20-21(14-18)26-11-10-25-20)28-15-19(16-4-2-1-3-5-16)23-22(28)17-8-12-27(23)13-9-17/h1-7,10-11,14,17,19,22-23H,8-9,12-13,15H2/t19-,22+,23+/m0/s1. The first kappa shape index (κ1) is 17.1. The number of benzene rings is 2. The molecule has 4 aliphatic heterocycles. The molecule has 1 amide bonds. The molecule has 29 heavy (non-hydrogen) atoms. The molecule has 7 rings (SSSR count). The van der Waals surface area contributed by atoms with Crippen molar-refractivity contribution in [1.29, 1.82) is 0 Å². The lowest BCUT2D eigenvalue weighted by Gasteiger charge is -2.51. The molecule has 4 fully saturated rings. The largest absolute Gasteiger partial charge is 0.333 e. The third-order valence-corrected chi connectivity index (χ3v) is 7.20. The number of hydrogen-bond donors (Lipinski definition) is 0. The highest BCUT2D eigenvalue weighted by Crippen LogP contribution is 2.46. The molecule has 1 aromatic heterocycles. The van der Waals surface area contributed by atoms with Crippen molar-refractivity contribution in [2.75, 3.05) is 19.6 Å². The fourth-order valence-electron chi connectivity index (χ4n) is 5.91. The van der Waals surface area contributed by atoms with Crippen molar-refractivity contribution in [3.05, 3.63) is 72.1 Å². The third-order valence-electron chi connectivity index (χ3n) is 7.20. The Kier molecular flexibility index (Phi) is 3.91. The molecule has 2 aromatic carbocycles. The minimum absolute atomic E-state index is 0.139. The van der Waals surface area contributed by atoms with E-state index in [4.69, 9.17) is 0 Å². The second kappa shape index (κ2) is 6.63. The summed E-state index contributed by atoms with van der Waals surface area (Å²) in [6, 6.07) is 17.2. The fourth-order valence-corrected chi connectivity index (χ4v) is 5.91. The molecule has 5 nitrogen and oxygen atoms in total. The summed E-state index contributed by atoms with van der Waals surface area (Å²) in [5.74, 6) is 1.14. The molecule has 4 saturated heterocycles. The number of piperidine rings is 3. The predicted molar refractivity (Wildman–Crippen MR) is 112 cm³/mol. The van der Waals surface area contributed by atoms with Gasteiger partial charge in [0.05, 0.1) is 17.1 Å². The van der Waals surface area contributed by atoms with Gasteiger partial charge in [0.2, 0.25) is 0 Å². The van der Waals surface area contributed by atoms with Crippen LogP contribution in [0.2, 0.25) is 0 Å². The number of rotatable bonds is 2. The predicted octanol–water partition coefficient (Wildman–Crippen LogP) is 3.33. The Morgan fingerprint density at radius 3 is 2.45 bits per heavy atom. The van der Waals surface area contributed by atoms with Crippen LogP contribution in [-0.2, 0) is 0 Å². The second-order valence-electron chi connectivity index (χ2n) is 8.59. The summed E-state index contributed by atoms with van der Waals surface area (Å²) in [6.07, 6.45) is 5.78. The van der Waals surface area contributed by atoms with Crippen LogP contribution in [0.15, 0.2) is 60.9 Å². The van der Waals surface area contributed by atoms with Gasteiger partial charge < -0.3 is 4.90 Å². The van der Waals surface area contributed by atoms with Gasteiger partial charge in [-0.25, -0.2) is 0 Å². The van der Waals surface area contributed by atoms with Crippen molar-refractivity contribution in [1.82, 2.24) is 19.8 Å². The van der Waals surface area contributed by atoms with Crippen LogP contribution >= 0.6 is 0 Å². The summed E-state index contributed by atoms with van der Waals surface area (Å²) < 4.78 is 0. The van der Waals surface area contributed by atoms with Crippen LogP contribution in [0.3, 0.4) is 0 Å². The highest BCUT2D eigenvalue weighted by molar-refractivity contribution is 5.97. The molecule has 5 heteroatoms. The van der Waals surface area contributed by atoms with Crippen molar-refractivity contribution < 1.29 is 4.79 Å². The van der Waals surface area contributed by atoms with Crippen LogP contribution in [0.25, 0.3) is 11.0 Å². The summed E-state index contributed by atoms with van der Waals surface area (Å²) >= 11 is 0. The molecule has 146 valence electrons. The van der Waals surface area contributed by atoms with Gasteiger partial charge in [0.25, 0.3) is 5.91 Å². The molecule has 4 aliphatic rings. The quantitative estimate of drug-likeness (QED) is 0.680. The second-order valence-corrected chi connectivity index (χ2v) is 8.59. The molecule has 2 bridgehead atoms. The van der Waals surface area contributed by atoms with Crippen LogP contribution in [0.1, 0.15) is 34.7 Å². The van der Waals surface area contributed by atoms with E-state index >= 15 is 0 Å². The SMILES string of the molecule is O=C(c1ccc2nccnc2c1)N1C[C@@H](c2ccccc2)[C@@H]2[C@H]1C1CCN2CC1. The van der Waals surface area contributed by atoms with Gasteiger partial charge in [-0.1, -0.05) is 30.3 Å². The van der Waals surface area contributed by atoms with Gasteiger partial charge in [-0.05, 0) is 55.6 Å².